The van der Waals surface area contributed by atoms with E-state index in [1.165, 1.54) is 0 Å². The Morgan fingerprint density at radius 2 is 1.88 bits per heavy atom. The maximum absolute atomic E-state index is 11.4. The standard InChI is InChI=1S/C15H20O2/c1-15(2,3)17-14(16)12-8-7-11-13-9-5-4-6-10-13/h4-7,9-11H,8,12H2,1-3H3/b11-7+. The lowest BCUT2D eigenvalue weighted by atomic mass is 10.1. The molecule has 0 bridgehead atoms. The Hall–Kier alpha value is -1.57. The Kier molecular flexibility index (Phi) is 4.95. The van der Waals surface area contributed by atoms with Gasteiger partial charge in [0.2, 0.25) is 0 Å². The number of benzene rings is 1. The van der Waals surface area contributed by atoms with Crippen molar-refractivity contribution in [2.75, 3.05) is 0 Å². The molecule has 0 saturated carbocycles. The molecular weight excluding hydrogens is 212 g/mol. The van der Waals surface area contributed by atoms with Crippen LogP contribution in [0.4, 0.5) is 0 Å². The summed E-state index contributed by atoms with van der Waals surface area (Å²) in [5.41, 5.74) is 0.761. The number of carbonyl (C=O) groups is 1. The van der Waals surface area contributed by atoms with Gasteiger partial charge in [0.25, 0.3) is 0 Å². The average Bonchev–Trinajstić information content (AvgIpc) is 2.23. The highest BCUT2D eigenvalue weighted by Crippen LogP contribution is 2.10. The minimum absolute atomic E-state index is 0.143. The number of esters is 1. The normalized spacial score (nSPS) is 11.7. The van der Waals surface area contributed by atoms with E-state index >= 15 is 0 Å². The van der Waals surface area contributed by atoms with Crippen molar-refractivity contribution in [3.05, 3.63) is 42.0 Å². The van der Waals surface area contributed by atoms with Crippen LogP contribution in [-0.2, 0) is 9.53 Å². The fourth-order valence-electron chi connectivity index (χ4n) is 1.38. The molecule has 0 aliphatic heterocycles. The molecule has 0 N–H and O–H groups in total. The van der Waals surface area contributed by atoms with Crippen LogP contribution in [0, 0.1) is 0 Å². The molecule has 17 heavy (non-hydrogen) atoms. The third-order valence-corrected chi connectivity index (χ3v) is 2.05. The number of rotatable bonds is 4. The van der Waals surface area contributed by atoms with E-state index < -0.39 is 0 Å². The maximum Gasteiger partial charge on any atom is 0.306 e. The van der Waals surface area contributed by atoms with Crippen molar-refractivity contribution in [3.8, 4) is 0 Å². The van der Waals surface area contributed by atoms with E-state index in [0.717, 1.165) is 5.56 Å². The van der Waals surface area contributed by atoms with Crippen LogP contribution in [0.2, 0.25) is 0 Å². The van der Waals surface area contributed by atoms with Crippen LogP contribution in [0.15, 0.2) is 36.4 Å². The summed E-state index contributed by atoms with van der Waals surface area (Å²) < 4.78 is 5.22. The zero-order valence-electron chi connectivity index (χ0n) is 10.8. The highest BCUT2D eigenvalue weighted by molar-refractivity contribution is 5.70. The van der Waals surface area contributed by atoms with Gasteiger partial charge >= 0.3 is 5.97 Å². The van der Waals surface area contributed by atoms with Gasteiger partial charge in [-0.05, 0) is 32.8 Å². The van der Waals surface area contributed by atoms with Gasteiger partial charge in [-0.15, -0.1) is 0 Å². The third-order valence-electron chi connectivity index (χ3n) is 2.05. The van der Waals surface area contributed by atoms with Gasteiger partial charge < -0.3 is 4.74 Å². The van der Waals surface area contributed by atoms with Crippen LogP contribution in [0.3, 0.4) is 0 Å². The topological polar surface area (TPSA) is 26.3 Å². The largest absolute Gasteiger partial charge is 0.460 e. The Labute approximate surface area is 103 Å². The van der Waals surface area contributed by atoms with E-state index in [1.807, 2.05) is 63.3 Å². The molecule has 0 fully saturated rings. The third kappa shape index (κ3) is 6.56. The van der Waals surface area contributed by atoms with Crippen molar-refractivity contribution in [3.63, 3.8) is 0 Å². The summed E-state index contributed by atoms with van der Waals surface area (Å²) in [6, 6.07) is 10.0. The Balaban J connectivity index is 2.29. The van der Waals surface area contributed by atoms with Crippen molar-refractivity contribution in [1.29, 1.82) is 0 Å². The molecule has 1 aromatic rings. The lowest BCUT2D eigenvalue weighted by Gasteiger charge is -2.19. The van der Waals surface area contributed by atoms with E-state index in [2.05, 4.69) is 0 Å². The molecule has 1 aromatic carbocycles. The summed E-state index contributed by atoms with van der Waals surface area (Å²) in [6.07, 6.45) is 5.16. The summed E-state index contributed by atoms with van der Waals surface area (Å²) in [4.78, 5) is 11.4. The van der Waals surface area contributed by atoms with Gasteiger partial charge in [-0.25, -0.2) is 0 Å². The molecule has 0 atom stereocenters. The molecule has 92 valence electrons. The first-order valence-corrected chi connectivity index (χ1v) is 5.91. The molecule has 0 aromatic heterocycles. The number of carbonyl (C=O) groups excluding carboxylic acids is 1. The van der Waals surface area contributed by atoms with Crippen molar-refractivity contribution < 1.29 is 9.53 Å². The van der Waals surface area contributed by atoms with Gasteiger partial charge in [-0.1, -0.05) is 42.5 Å². The first kappa shape index (κ1) is 13.5. The minimum Gasteiger partial charge on any atom is -0.460 e. The van der Waals surface area contributed by atoms with Crippen LogP contribution in [0.1, 0.15) is 39.2 Å². The fraction of sp³-hybridized carbons (Fsp3) is 0.400. The van der Waals surface area contributed by atoms with E-state index in [-0.39, 0.29) is 11.6 Å². The van der Waals surface area contributed by atoms with E-state index in [4.69, 9.17) is 4.74 Å². The van der Waals surface area contributed by atoms with Gasteiger partial charge in [0, 0.05) is 6.42 Å². The number of allylic oxidation sites excluding steroid dienone is 1. The van der Waals surface area contributed by atoms with Crippen molar-refractivity contribution in [2.24, 2.45) is 0 Å². The molecule has 1 rings (SSSR count). The molecule has 2 heteroatoms. The molecule has 2 nitrogen and oxygen atoms in total. The maximum atomic E-state index is 11.4. The van der Waals surface area contributed by atoms with Gasteiger partial charge in [0.1, 0.15) is 5.60 Å². The van der Waals surface area contributed by atoms with E-state index in [0.29, 0.717) is 12.8 Å². The van der Waals surface area contributed by atoms with E-state index in [9.17, 15) is 4.79 Å². The van der Waals surface area contributed by atoms with Crippen LogP contribution in [0.5, 0.6) is 0 Å². The van der Waals surface area contributed by atoms with Gasteiger partial charge in [0.15, 0.2) is 0 Å². The lowest BCUT2D eigenvalue weighted by molar-refractivity contribution is -0.154. The summed E-state index contributed by atoms with van der Waals surface area (Å²) in [5, 5.41) is 0. The average molecular weight is 232 g/mol. The molecule has 0 aliphatic rings. The smallest absolute Gasteiger partial charge is 0.306 e. The van der Waals surface area contributed by atoms with Crippen LogP contribution >= 0.6 is 0 Å². The SMILES string of the molecule is CC(C)(C)OC(=O)CC/C=C/c1ccccc1. The minimum atomic E-state index is -0.389. The van der Waals surface area contributed by atoms with Crippen molar-refractivity contribution in [2.45, 2.75) is 39.2 Å². The van der Waals surface area contributed by atoms with Crippen LogP contribution in [0.25, 0.3) is 6.08 Å². The quantitative estimate of drug-likeness (QED) is 0.738. The molecule has 0 saturated heterocycles. The zero-order valence-corrected chi connectivity index (χ0v) is 10.8. The molecule has 0 aliphatic carbocycles. The number of ether oxygens (including phenoxy) is 1. The van der Waals surface area contributed by atoms with Gasteiger partial charge in [0.05, 0.1) is 0 Å². The zero-order chi connectivity index (χ0) is 12.7. The second-order valence-electron chi connectivity index (χ2n) is 4.94. The lowest BCUT2D eigenvalue weighted by Crippen LogP contribution is -2.23. The highest BCUT2D eigenvalue weighted by Gasteiger charge is 2.14. The molecule has 0 heterocycles. The summed E-state index contributed by atoms with van der Waals surface area (Å²) in [6.45, 7) is 5.64. The predicted molar refractivity (Wildman–Crippen MR) is 70.6 cm³/mol. The summed E-state index contributed by atoms with van der Waals surface area (Å²) in [5.74, 6) is -0.143. The highest BCUT2D eigenvalue weighted by atomic mass is 16.6. The molecule has 0 radical (unpaired) electrons. The van der Waals surface area contributed by atoms with Crippen molar-refractivity contribution >= 4 is 12.0 Å². The van der Waals surface area contributed by atoms with Gasteiger partial charge in [-0.3, -0.25) is 4.79 Å². The van der Waals surface area contributed by atoms with Crippen LogP contribution < -0.4 is 0 Å². The second kappa shape index (κ2) is 6.24. The van der Waals surface area contributed by atoms with E-state index in [1.54, 1.807) is 0 Å². The first-order valence-electron chi connectivity index (χ1n) is 5.91. The summed E-state index contributed by atoms with van der Waals surface area (Å²) in [7, 11) is 0. The number of hydrogen-bond donors (Lipinski definition) is 0. The monoisotopic (exact) mass is 232 g/mol. The molecule has 0 spiro atoms. The van der Waals surface area contributed by atoms with Crippen molar-refractivity contribution in [1.82, 2.24) is 0 Å². The molecule has 0 unspecified atom stereocenters. The number of hydrogen-bond acceptors (Lipinski definition) is 2. The Bertz CT molecular complexity index is 372. The first-order chi connectivity index (χ1) is 7.97. The molecule has 0 amide bonds. The Morgan fingerprint density at radius 1 is 1.24 bits per heavy atom. The second-order valence-corrected chi connectivity index (χ2v) is 4.94. The van der Waals surface area contributed by atoms with Gasteiger partial charge in [-0.2, -0.15) is 0 Å². The molecular formula is C15H20O2. The predicted octanol–water partition coefficient (Wildman–Crippen LogP) is 3.82. The van der Waals surface area contributed by atoms with Crippen LogP contribution in [-0.4, -0.2) is 11.6 Å². The fourth-order valence-corrected chi connectivity index (χ4v) is 1.38. The summed E-state index contributed by atoms with van der Waals surface area (Å²) >= 11 is 0. The Morgan fingerprint density at radius 3 is 2.47 bits per heavy atom.